The lowest BCUT2D eigenvalue weighted by Gasteiger charge is -2.60. The highest BCUT2D eigenvalue weighted by Crippen LogP contribution is 2.57. The molecule has 0 unspecified atom stereocenters. The molecule has 0 amide bonds. The number of likely N-dealkylation sites (tertiary alicyclic amines) is 1. The maximum atomic E-state index is 12.3. The molecular formula is C15H28N2O3S. The van der Waals surface area contributed by atoms with Crippen LogP contribution in [0.5, 0.6) is 0 Å². The Balaban J connectivity index is 1.51. The molecule has 3 rings (SSSR count). The van der Waals surface area contributed by atoms with Crippen LogP contribution in [-0.4, -0.2) is 57.5 Å². The molecular weight excluding hydrogens is 288 g/mol. The highest BCUT2D eigenvalue weighted by molar-refractivity contribution is 7.89. The second-order valence-electron chi connectivity index (χ2n) is 6.80. The minimum Gasteiger partial charge on any atom is -0.378 e. The van der Waals surface area contributed by atoms with Crippen LogP contribution in [0, 0.1) is 5.41 Å². The van der Waals surface area contributed by atoms with E-state index in [2.05, 4.69) is 9.62 Å². The number of hydrogen-bond donors (Lipinski definition) is 1. The fraction of sp³-hybridized carbons (Fsp3) is 1.00. The highest BCUT2D eigenvalue weighted by atomic mass is 32.2. The molecule has 2 aliphatic carbocycles. The molecule has 3 aliphatic rings. The lowest BCUT2D eigenvalue weighted by molar-refractivity contribution is -0.167. The quantitative estimate of drug-likeness (QED) is 0.770. The Morgan fingerprint density at radius 2 is 1.95 bits per heavy atom. The summed E-state index contributed by atoms with van der Waals surface area (Å²) < 4.78 is 33.4. The summed E-state index contributed by atoms with van der Waals surface area (Å²) in [5.41, 5.74) is 0.108. The fourth-order valence-electron chi connectivity index (χ4n) is 4.13. The van der Waals surface area contributed by atoms with E-state index in [9.17, 15) is 8.42 Å². The molecule has 1 spiro atoms. The molecule has 1 heterocycles. The summed E-state index contributed by atoms with van der Waals surface area (Å²) in [4.78, 5) is 2.25. The van der Waals surface area contributed by atoms with Crippen LogP contribution >= 0.6 is 0 Å². The van der Waals surface area contributed by atoms with Gasteiger partial charge in [0.2, 0.25) is 10.0 Å². The number of rotatable bonds is 7. The minimum atomic E-state index is -3.16. The molecule has 0 aromatic heterocycles. The number of hydrogen-bond acceptors (Lipinski definition) is 4. The first kappa shape index (κ1) is 15.7. The highest BCUT2D eigenvalue weighted by Gasteiger charge is 2.59. The van der Waals surface area contributed by atoms with Crippen molar-refractivity contribution in [2.75, 3.05) is 32.0 Å². The molecule has 0 bridgehead atoms. The van der Waals surface area contributed by atoms with E-state index in [1.165, 1.54) is 19.3 Å². The van der Waals surface area contributed by atoms with Crippen LogP contribution in [0.25, 0.3) is 0 Å². The molecule has 1 N–H and O–H groups in total. The van der Waals surface area contributed by atoms with Gasteiger partial charge in [-0.2, -0.15) is 0 Å². The van der Waals surface area contributed by atoms with Crippen LogP contribution in [0.4, 0.5) is 0 Å². The van der Waals surface area contributed by atoms with E-state index in [1.807, 2.05) is 6.92 Å². The van der Waals surface area contributed by atoms with Crippen molar-refractivity contribution in [3.8, 4) is 0 Å². The van der Waals surface area contributed by atoms with E-state index < -0.39 is 10.0 Å². The van der Waals surface area contributed by atoms with Crippen molar-refractivity contribution in [2.45, 2.75) is 57.6 Å². The number of nitrogens with zero attached hydrogens (tertiary/aromatic N) is 1. The second kappa shape index (κ2) is 6.14. The summed E-state index contributed by atoms with van der Waals surface area (Å²) in [5, 5.41) is 0. The van der Waals surface area contributed by atoms with Gasteiger partial charge in [-0.25, -0.2) is 13.1 Å². The van der Waals surface area contributed by atoms with Crippen molar-refractivity contribution in [3.05, 3.63) is 0 Å². The zero-order valence-corrected chi connectivity index (χ0v) is 13.8. The van der Waals surface area contributed by atoms with Gasteiger partial charge in [0.25, 0.3) is 0 Å². The molecule has 3 fully saturated rings. The van der Waals surface area contributed by atoms with Gasteiger partial charge < -0.3 is 9.64 Å². The predicted octanol–water partition coefficient (Wildman–Crippen LogP) is 1.35. The SMILES string of the molecule is CCO[C@H]1C[C@@H](NS(=O)(=O)CCN2CCCC2)C12CCC2. The number of ether oxygens (including phenoxy) is 1. The first-order chi connectivity index (χ1) is 10.1. The third-order valence-electron chi connectivity index (χ3n) is 5.63. The normalized spacial score (nSPS) is 32.0. The summed E-state index contributed by atoms with van der Waals surface area (Å²) in [6, 6.07) is 0.103. The Labute approximate surface area is 128 Å². The monoisotopic (exact) mass is 316 g/mol. The van der Waals surface area contributed by atoms with Crippen LogP contribution < -0.4 is 4.72 Å². The summed E-state index contributed by atoms with van der Waals surface area (Å²) in [5.74, 6) is 0.235. The molecule has 1 saturated heterocycles. The zero-order chi connectivity index (χ0) is 14.9. The summed E-state index contributed by atoms with van der Waals surface area (Å²) in [6.07, 6.45) is 6.94. The Bertz CT molecular complexity index is 456. The molecule has 1 aliphatic heterocycles. The van der Waals surface area contributed by atoms with Crippen molar-refractivity contribution in [1.82, 2.24) is 9.62 Å². The molecule has 6 heteroatoms. The van der Waals surface area contributed by atoms with E-state index in [4.69, 9.17) is 4.74 Å². The van der Waals surface area contributed by atoms with Gasteiger partial charge in [-0.05, 0) is 52.1 Å². The standard InChI is InChI=1S/C15H28N2O3S/c1-2-20-14-12-13(15(14)6-5-7-15)16-21(18,19)11-10-17-8-3-4-9-17/h13-14,16H,2-12H2,1H3/t13-,14+/m1/s1. The Morgan fingerprint density at radius 3 is 2.52 bits per heavy atom. The van der Waals surface area contributed by atoms with E-state index in [-0.39, 0.29) is 23.3 Å². The van der Waals surface area contributed by atoms with Crippen LogP contribution in [-0.2, 0) is 14.8 Å². The molecule has 0 radical (unpaired) electrons. The molecule has 122 valence electrons. The van der Waals surface area contributed by atoms with Gasteiger partial charge in [-0.15, -0.1) is 0 Å². The van der Waals surface area contributed by atoms with Crippen molar-refractivity contribution in [3.63, 3.8) is 0 Å². The third-order valence-corrected chi connectivity index (χ3v) is 7.00. The maximum Gasteiger partial charge on any atom is 0.213 e. The van der Waals surface area contributed by atoms with Crippen molar-refractivity contribution in [1.29, 1.82) is 0 Å². The molecule has 5 nitrogen and oxygen atoms in total. The average molecular weight is 316 g/mol. The third kappa shape index (κ3) is 3.14. The van der Waals surface area contributed by atoms with Gasteiger partial charge in [0.15, 0.2) is 0 Å². The van der Waals surface area contributed by atoms with E-state index in [1.54, 1.807) is 0 Å². The van der Waals surface area contributed by atoms with E-state index >= 15 is 0 Å². The second-order valence-corrected chi connectivity index (χ2v) is 8.68. The van der Waals surface area contributed by atoms with Gasteiger partial charge in [0, 0.05) is 24.6 Å². The maximum absolute atomic E-state index is 12.3. The zero-order valence-electron chi connectivity index (χ0n) is 13.0. The molecule has 0 aromatic carbocycles. The Kier molecular flexibility index (Phi) is 4.60. The largest absolute Gasteiger partial charge is 0.378 e. The lowest BCUT2D eigenvalue weighted by atomic mass is 9.51. The Morgan fingerprint density at radius 1 is 1.24 bits per heavy atom. The van der Waals surface area contributed by atoms with Gasteiger partial charge in [-0.3, -0.25) is 0 Å². The lowest BCUT2D eigenvalue weighted by Crippen LogP contribution is -2.67. The van der Waals surface area contributed by atoms with Gasteiger partial charge in [0.1, 0.15) is 0 Å². The van der Waals surface area contributed by atoms with Gasteiger partial charge in [-0.1, -0.05) is 6.42 Å². The molecule has 2 saturated carbocycles. The first-order valence-corrected chi connectivity index (χ1v) is 10.0. The Hall–Kier alpha value is -0.170. The van der Waals surface area contributed by atoms with Crippen molar-refractivity contribution in [2.24, 2.45) is 5.41 Å². The van der Waals surface area contributed by atoms with Crippen LogP contribution in [0.3, 0.4) is 0 Å². The number of nitrogens with one attached hydrogen (secondary N) is 1. The van der Waals surface area contributed by atoms with Crippen molar-refractivity contribution < 1.29 is 13.2 Å². The van der Waals surface area contributed by atoms with Crippen LogP contribution in [0.1, 0.15) is 45.4 Å². The molecule has 0 aromatic rings. The predicted molar refractivity (Wildman–Crippen MR) is 82.7 cm³/mol. The van der Waals surface area contributed by atoms with Gasteiger partial charge >= 0.3 is 0 Å². The van der Waals surface area contributed by atoms with Crippen LogP contribution in [0.2, 0.25) is 0 Å². The number of sulfonamides is 1. The minimum absolute atomic E-state index is 0.103. The smallest absolute Gasteiger partial charge is 0.213 e. The topological polar surface area (TPSA) is 58.6 Å². The summed E-state index contributed by atoms with van der Waals surface area (Å²) >= 11 is 0. The summed E-state index contributed by atoms with van der Waals surface area (Å²) in [6.45, 7) is 5.51. The molecule has 21 heavy (non-hydrogen) atoms. The average Bonchev–Trinajstić information content (AvgIpc) is 2.86. The van der Waals surface area contributed by atoms with E-state index in [0.717, 1.165) is 39.0 Å². The first-order valence-electron chi connectivity index (χ1n) is 8.40. The van der Waals surface area contributed by atoms with Crippen molar-refractivity contribution >= 4 is 10.0 Å². The fourth-order valence-corrected chi connectivity index (χ4v) is 5.52. The molecule has 2 atom stereocenters. The summed E-state index contributed by atoms with van der Waals surface area (Å²) in [7, 11) is -3.16. The van der Waals surface area contributed by atoms with Gasteiger partial charge in [0.05, 0.1) is 11.9 Å². The van der Waals surface area contributed by atoms with Crippen LogP contribution in [0.15, 0.2) is 0 Å². The van der Waals surface area contributed by atoms with E-state index in [0.29, 0.717) is 6.54 Å².